The molecule has 2 rings (SSSR count). The Kier molecular flexibility index (Phi) is 4.17. The van der Waals surface area contributed by atoms with E-state index in [-0.39, 0.29) is 19.2 Å². The maximum absolute atomic E-state index is 11.8. The van der Waals surface area contributed by atoms with Crippen molar-refractivity contribution < 1.29 is 14.6 Å². The first-order valence-electron chi connectivity index (χ1n) is 6.06. The van der Waals surface area contributed by atoms with Gasteiger partial charge in [-0.15, -0.1) is 0 Å². The van der Waals surface area contributed by atoms with E-state index in [0.29, 0.717) is 13.0 Å². The van der Waals surface area contributed by atoms with E-state index in [2.05, 4.69) is 0 Å². The minimum absolute atomic E-state index is 0.245. The average Bonchev–Trinajstić information content (AvgIpc) is 2.40. The van der Waals surface area contributed by atoms with Crippen LogP contribution in [0.2, 0.25) is 0 Å². The van der Waals surface area contributed by atoms with E-state index in [4.69, 9.17) is 10.5 Å². The summed E-state index contributed by atoms with van der Waals surface area (Å²) in [6.07, 6.45) is -0.463. The maximum atomic E-state index is 11.8. The van der Waals surface area contributed by atoms with Crippen LogP contribution >= 0.6 is 0 Å². The van der Waals surface area contributed by atoms with Gasteiger partial charge in [-0.1, -0.05) is 30.3 Å². The van der Waals surface area contributed by atoms with Crippen LogP contribution in [0.25, 0.3) is 0 Å². The number of nitrogens with zero attached hydrogens (tertiary/aromatic N) is 1. The molecule has 1 heterocycles. The summed E-state index contributed by atoms with van der Waals surface area (Å²) in [5.41, 5.74) is 6.62. The van der Waals surface area contributed by atoms with Gasteiger partial charge >= 0.3 is 6.09 Å². The van der Waals surface area contributed by atoms with Gasteiger partial charge in [0, 0.05) is 12.6 Å². The monoisotopic (exact) mass is 250 g/mol. The van der Waals surface area contributed by atoms with E-state index in [9.17, 15) is 9.90 Å². The Hall–Kier alpha value is -1.59. The lowest BCUT2D eigenvalue weighted by Gasteiger charge is -2.33. The van der Waals surface area contributed by atoms with Gasteiger partial charge in [-0.3, -0.25) is 0 Å². The van der Waals surface area contributed by atoms with E-state index in [1.807, 2.05) is 30.3 Å². The Bertz CT molecular complexity index is 396. The first kappa shape index (κ1) is 12.9. The van der Waals surface area contributed by atoms with Crippen LogP contribution in [0.1, 0.15) is 12.0 Å². The summed E-state index contributed by atoms with van der Waals surface area (Å²) < 4.78 is 5.19. The van der Waals surface area contributed by atoms with Crippen LogP contribution < -0.4 is 5.73 Å². The van der Waals surface area contributed by atoms with E-state index in [1.165, 1.54) is 4.90 Å². The SMILES string of the molecule is NC1CCN(C(=O)OCc2ccccc2)CC1O. The highest BCUT2D eigenvalue weighted by Crippen LogP contribution is 2.11. The van der Waals surface area contributed by atoms with Gasteiger partial charge in [0.05, 0.1) is 12.6 Å². The number of aliphatic hydroxyl groups is 1. The van der Waals surface area contributed by atoms with Gasteiger partial charge < -0.3 is 20.5 Å². The highest BCUT2D eigenvalue weighted by Gasteiger charge is 2.28. The summed E-state index contributed by atoms with van der Waals surface area (Å²) in [5.74, 6) is 0. The number of β-amino-alcohol motifs (C(OH)–C–C–N with tert-alkyl or cyclic N) is 1. The molecule has 98 valence electrons. The number of hydrogen-bond donors (Lipinski definition) is 2. The molecule has 2 unspecified atom stereocenters. The summed E-state index contributed by atoms with van der Waals surface area (Å²) >= 11 is 0. The molecule has 1 aliphatic heterocycles. The molecule has 5 heteroatoms. The molecule has 0 aromatic heterocycles. The van der Waals surface area contributed by atoms with Gasteiger partial charge in [0.25, 0.3) is 0 Å². The third-order valence-corrected chi connectivity index (χ3v) is 3.10. The molecule has 1 amide bonds. The van der Waals surface area contributed by atoms with Crippen molar-refractivity contribution in [2.75, 3.05) is 13.1 Å². The largest absolute Gasteiger partial charge is 0.445 e. The first-order chi connectivity index (χ1) is 8.66. The molecule has 5 nitrogen and oxygen atoms in total. The molecule has 0 radical (unpaired) electrons. The predicted octanol–water partition coefficient (Wildman–Crippen LogP) is 0.717. The third kappa shape index (κ3) is 3.21. The second kappa shape index (κ2) is 5.84. The fourth-order valence-corrected chi connectivity index (χ4v) is 1.93. The lowest BCUT2D eigenvalue weighted by atomic mass is 10.0. The lowest BCUT2D eigenvalue weighted by Crippen LogP contribution is -2.52. The summed E-state index contributed by atoms with van der Waals surface area (Å²) in [6, 6.07) is 9.25. The molecule has 3 N–H and O–H groups in total. The Balaban J connectivity index is 1.82. The topological polar surface area (TPSA) is 75.8 Å². The molecule has 0 bridgehead atoms. The molecule has 18 heavy (non-hydrogen) atoms. The molecule has 0 spiro atoms. The van der Waals surface area contributed by atoms with E-state index < -0.39 is 12.2 Å². The van der Waals surface area contributed by atoms with Crippen LogP contribution in [-0.4, -0.2) is 41.3 Å². The minimum Gasteiger partial charge on any atom is -0.445 e. The zero-order valence-corrected chi connectivity index (χ0v) is 10.2. The fraction of sp³-hybridized carbons (Fsp3) is 0.462. The summed E-state index contributed by atoms with van der Waals surface area (Å²) in [6.45, 7) is 1.03. The van der Waals surface area contributed by atoms with Crippen molar-refractivity contribution in [2.24, 2.45) is 5.73 Å². The Labute approximate surface area is 106 Å². The Morgan fingerprint density at radius 1 is 1.44 bits per heavy atom. The minimum atomic E-state index is -0.664. The van der Waals surface area contributed by atoms with Crippen LogP contribution in [0.5, 0.6) is 0 Å². The number of piperidine rings is 1. The summed E-state index contributed by atoms with van der Waals surface area (Å²) in [7, 11) is 0. The smallest absolute Gasteiger partial charge is 0.410 e. The number of aliphatic hydroxyl groups excluding tert-OH is 1. The van der Waals surface area contributed by atoms with Crippen molar-refractivity contribution in [3.63, 3.8) is 0 Å². The van der Waals surface area contributed by atoms with Gasteiger partial charge in [0.1, 0.15) is 6.61 Å². The number of benzene rings is 1. The van der Waals surface area contributed by atoms with E-state index in [1.54, 1.807) is 0 Å². The predicted molar refractivity (Wildman–Crippen MR) is 66.8 cm³/mol. The highest BCUT2D eigenvalue weighted by molar-refractivity contribution is 5.67. The molecular formula is C13H18N2O3. The number of rotatable bonds is 2. The number of amides is 1. The van der Waals surface area contributed by atoms with Crippen molar-refractivity contribution >= 4 is 6.09 Å². The molecule has 1 fully saturated rings. The average molecular weight is 250 g/mol. The summed E-state index contributed by atoms with van der Waals surface area (Å²) in [5, 5.41) is 9.61. The molecule has 0 aliphatic carbocycles. The van der Waals surface area contributed by atoms with Gasteiger partial charge in [-0.2, -0.15) is 0 Å². The zero-order valence-electron chi connectivity index (χ0n) is 10.2. The molecule has 1 saturated heterocycles. The Morgan fingerprint density at radius 2 is 2.17 bits per heavy atom. The van der Waals surface area contributed by atoms with Gasteiger partial charge in [0.2, 0.25) is 0 Å². The quantitative estimate of drug-likeness (QED) is 0.811. The van der Waals surface area contributed by atoms with Crippen molar-refractivity contribution in [1.29, 1.82) is 0 Å². The van der Waals surface area contributed by atoms with Crippen LogP contribution in [0.4, 0.5) is 4.79 Å². The standard InChI is InChI=1S/C13H18N2O3/c14-11-6-7-15(8-12(11)16)13(17)18-9-10-4-2-1-3-5-10/h1-5,11-12,16H,6-9,14H2. The molecular weight excluding hydrogens is 232 g/mol. The fourth-order valence-electron chi connectivity index (χ4n) is 1.93. The van der Waals surface area contributed by atoms with Gasteiger partial charge in [-0.05, 0) is 12.0 Å². The number of nitrogens with two attached hydrogens (primary N) is 1. The number of likely N-dealkylation sites (tertiary alicyclic amines) is 1. The molecule has 0 saturated carbocycles. The molecule has 1 aromatic carbocycles. The van der Waals surface area contributed by atoms with Crippen LogP contribution in [0, 0.1) is 0 Å². The van der Waals surface area contributed by atoms with Crippen molar-refractivity contribution in [1.82, 2.24) is 4.90 Å². The highest BCUT2D eigenvalue weighted by atomic mass is 16.6. The summed E-state index contributed by atoms with van der Waals surface area (Å²) in [4.78, 5) is 13.3. The third-order valence-electron chi connectivity index (χ3n) is 3.10. The second-order valence-electron chi connectivity index (χ2n) is 4.51. The van der Waals surface area contributed by atoms with Crippen molar-refractivity contribution in [2.45, 2.75) is 25.2 Å². The lowest BCUT2D eigenvalue weighted by molar-refractivity contribution is 0.0360. The second-order valence-corrected chi connectivity index (χ2v) is 4.51. The maximum Gasteiger partial charge on any atom is 0.410 e. The number of carbonyl (C=O) groups is 1. The van der Waals surface area contributed by atoms with Crippen LogP contribution in [0.15, 0.2) is 30.3 Å². The van der Waals surface area contributed by atoms with Gasteiger partial charge in [-0.25, -0.2) is 4.79 Å². The normalized spacial score (nSPS) is 23.8. The van der Waals surface area contributed by atoms with Crippen molar-refractivity contribution in [3.8, 4) is 0 Å². The number of hydrogen-bond acceptors (Lipinski definition) is 4. The zero-order chi connectivity index (χ0) is 13.0. The van der Waals surface area contributed by atoms with Crippen molar-refractivity contribution in [3.05, 3.63) is 35.9 Å². The van der Waals surface area contributed by atoms with E-state index in [0.717, 1.165) is 5.56 Å². The number of carbonyl (C=O) groups excluding carboxylic acids is 1. The molecule has 1 aliphatic rings. The van der Waals surface area contributed by atoms with E-state index >= 15 is 0 Å². The number of ether oxygens (including phenoxy) is 1. The van der Waals surface area contributed by atoms with Gasteiger partial charge in [0.15, 0.2) is 0 Å². The molecule has 1 aromatic rings. The Morgan fingerprint density at radius 3 is 2.83 bits per heavy atom. The van der Waals surface area contributed by atoms with Crippen LogP contribution in [-0.2, 0) is 11.3 Å². The first-order valence-corrected chi connectivity index (χ1v) is 6.06. The van der Waals surface area contributed by atoms with Crippen LogP contribution in [0.3, 0.4) is 0 Å². The molecule has 2 atom stereocenters.